The highest BCUT2D eigenvalue weighted by Crippen LogP contribution is 2.27. The largest absolute Gasteiger partial charge is 0.478 e. The van der Waals surface area contributed by atoms with E-state index in [1.54, 1.807) is 30.5 Å². The molecule has 16 heavy (non-hydrogen) atoms. The van der Waals surface area contributed by atoms with Crippen LogP contribution in [-0.4, -0.2) is 21.3 Å². The molecular formula is C11H10N2O2S. The Kier molecular flexibility index (Phi) is 2.87. The first-order valence-corrected chi connectivity index (χ1v) is 5.55. The van der Waals surface area contributed by atoms with Crippen LogP contribution in [0.1, 0.15) is 12.5 Å². The number of nitrogens with one attached hydrogen (secondary N) is 1. The van der Waals surface area contributed by atoms with Crippen molar-refractivity contribution in [2.24, 2.45) is 0 Å². The summed E-state index contributed by atoms with van der Waals surface area (Å²) < 4.78 is 0. The predicted octanol–water partition coefficient (Wildman–Crippen LogP) is 2.63. The molecule has 0 amide bonds. The molecule has 0 aliphatic carbocycles. The first kappa shape index (κ1) is 10.6. The Morgan fingerprint density at radius 3 is 3.06 bits per heavy atom. The van der Waals surface area contributed by atoms with Crippen molar-refractivity contribution in [3.8, 4) is 10.6 Å². The van der Waals surface area contributed by atoms with E-state index >= 15 is 0 Å². The van der Waals surface area contributed by atoms with Crippen LogP contribution in [0.3, 0.4) is 0 Å². The van der Waals surface area contributed by atoms with Crippen molar-refractivity contribution in [2.45, 2.75) is 6.92 Å². The van der Waals surface area contributed by atoms with Crippen molar-refractivity contribution in [3.05, 3.63) is 34.8 Å². The van der Waals surface area contributed by atoms with Crippen molar-refractivity contribution in [3.63, 3.8) is 0 Å². The minimum atomic E-state index is -0.918. The number of carboxylic acid groups (broad SMARTS) is 1. The molecule has 2 rings (SSSR count). The van der Waals surface area contributed by atoms with Crippen molar-refractivity contribution >= 4 is 23.4 Å². The highest BCUT2D eigenvalue weighted by molar-refractivity contribution is 7.13. The van der Waals surface area contributed by atoms with Crippen LogP contribution in [0.25, 0.3) is 16.6 Å². The Morgan fingerprint density at radius 2 is 2.44 bits per heavy atom. The van der Waals surface area contributed by atoms with Crippen LogP contribution in [0.5, 0.6) is 0 Å². The third-order valence-corrected chi connectivity index (χ3v) is 3.03. The molecule has 0 radical (unpaired) electrons. The maximum absolute atomic E-state index is 10.7. The van der Waals surface area contributed by atoms with Gasteiger partial charge in [0.1, 0.15) is 0 Å². The molecule has 5 heteroatoms. The Hall–Kier alpha value is -1.88. The zero-order valence-corrected chi connectivity index (χ0v) is 9.41. The monoisotopic (exact) mass is 234 g/mol. The second-order valence-electron chi connectivity index (χ2n) is 3.31. The van der Waals surface area contributed by atoms with Gasteiger partial charge in [-0.25, -0.2) is 4.79 Å². The zero-order valence-electron chi connectivity index (χ0n) is 8.60. The molecule has 0 fully saturated rings. The average molecular weight is 234 g/mol. The first-order chi connectivity index (χ1) is 7.68. The Balaban J connectivity index is 2.41. The topological polar surface area (TPSA) is 66.0 Å². The molecular weight excluding hydrogens is 224 g/mol. The number of hydrogen-bond donors (Lipinski definition) is 2. The number of aromatic amines is 1. The fourth-order valence-electron chi connectivity index (χ4n) is 1.32. The molecule has 0 spiro atoms. The lowest BCUT2D eigenvalue weighted by Gasteiger charge is -1.96. The highest BCUT2D eigenvalue weighted by atomic mass is 32.1. The number of aliphatic carboxylic acids is 1. The molecule has 2 N–H and O–H groups in total. The third-order valence-electron chi connectivity index (χ3n) is 2.15. The van der Waals surface area contributed by atoms with E-state index in [0.717, 1.165) is 16.1 Å². The molecule has 0 bridgehead atoms. The van der Waals surface area contributed by atoms with E-state index in [2.05, 4.69) is 10.2 Å². The van der Waals surface area contributed by atoms with Crippen LogP contribution in [0.2, 0.25) is 0 Å². The number of hydrogen-bond acceptors (Lipinski definition) is 3. The summed E-state index contributed by atoms with van der Waals surface area (Å²) in [6.07, 6.45) is 3.24. The zero-order chi connectivity index (χ0) is 11.5. The summed E-state index contributed by atoms with van der Waals surface area (Å²) in [5.74, 6) is -0.918. The van der Waals surface area contributed by atoms with Gasteiger partial charge in [0.25, 0.3) is 0 Å². The maximum Gasteiger partial charge on any atom is 0.331 e. The van der Waals surface area contributed by atoms with Crippen molar-refractivity contribution in [2.75, 3.05) is 0 Å². The molecule has 2 aromatic heterocycles. The maximum atomic E-state index is 10.7. The van der Waals surface area contributed by atoms with E-state index in [4.69, 9.17) is 5.11 Å². The lowest BCUT2D eigenvalue weighted by atomic mass is 10.1. The van der Waals surface area contributed by atoms with Crippen molar-refractivity contribution in [1.29, 1.82) is 0 Å². The van der Waals surface area contributed by atoms with Crippen molar-refractivity contribution < 1.29 is 9.90 Å². The smallest absolute Gasteiger partial charge is 0.331 e. The van der Waals surface area contributed by atoms with E-state index in [1.807, 2.05) is 17.5 Å². The van der Waals surface area contributed by atoms with Gasteiger partial charge in [-0.3, -0.25) is 5.10 Å². The first-order valence-electron chi connectivity index (χ1n) is 4.67. The molecule has 2 aromatic rings. The van der Waals surface area contributed by atoms with Gasteiger partial charge in [-0.1, -0.05) is 6.07 Å². The summed E-state index contributed by atoms with van der Waals surface area (Å²) in [7, 11) is 0. The van der Waals surface area contributed by atoms with E-state index < -0.39 is 5.97 Å². The number of thiophene rings is 1. The second kappa shape index (κ2) is 4.32. The number of aromatic nitrogens is 2. The van der Waals surface area contributed by atoms with E-state index in [0.29, 0.717) is 5.57 Å². The van der Waals surface area contributed by atoms with Gasteiger partial charge in [0, 0.05) is 11.1 Å². The standard InChI is InChI=1S/C11H10N2O2S/c1-7(11(14)15)5-8-6-12-13-10(8)9-3-2-4-16-9/h2-6H,1H3,(H,12,13)(H,14,15)/b7-5+. The summed E-state index contributed by atoms with van der Waals surface area (Å²) in [4.78, 5) is 11.8. The summed E-state index contributed by atoms with van der Waals surface area (Å²) in [5, 5.41) is 17.6. The number of nitrogens with zero attached hydrogens (tertiary/aromatic N) is 1. The lowest BCUT2D eigenvalue weighted by Crippen LogP contribution is -1.95. The molecule has 82 valence electrons. The Bertz CT molecular complexity index is 526. The normalized spacial score (nSPS) is 11.7. The van der Waals surface area contributed by atoms with Gasteiger partial charge in [0.05, 0.1) is 16.8 Å². The van der Waals surface area contributed by atoms with Crippen LogP contribution < -0.4 is 0 Å². The fourth-order valence-corrected chi connectivity index (χ4v) is 2.06. The highest BCUT2D eigenvalue weighted by Gasteiger charge is 2.08. The summed E-state index contributed by atoms with van der Waals surface area (Å²) in [6.45, 7) is 1.56. The van der Waals surface area contributed by atoms with Gasteiger partial charge in [-0.2, -0.15) is 5.10 Å². The van der Waals surface area contributed by atoms with Gasteiger partial charge in [-0.05, 0) is 24.4 Å². The summed E-state index contributed by atoms with van der Waals surface area (Å²) in [6, 6.07) is 3.91. The fraction of sp³-hybridized carbons (Fsp3) is 0.0909. The minimum Gasteiger partial charge on any atom is -0.478 e. The number of carboxylic acids is 1. The van der Waals surface area contributed by atoms with Gasteiger partial charge < -0.3 is 5.11 Å². The summed E-state index contributed by atoms with van der Waals surface area (Å²) in [5.41, 5.74) is 1.94. The number of carbonyl (C=O) groups is 1. The van der Waals surface area contributed by atoms with Crippen LogP contribution in [-0.2, 0) is 4.79 Å². The minimum absolute atomic E-state index is 0.291. The van der Waals surface area contributed by atoms with Gasteiger partial charge >= 0.3 is 5.97 Å². The third kappa shape index (κ3) is 2.04. The molecule has 0 aliphatic rings. The molecule has 2 heterocycles. The Morgan fingerprint density at radius 1 is 1.62 bits per heavy atom. The van der Waals surface area contributed by atoms with Gasteiger partial charge in [0.15, 0.2) is 0 Å². The van der Waals surface area contributed by atoms with Gasteiger partial charge in [-0.15, -0.1) is 11.3 Å². The van der Waals surface area contributed by atoms with Crippen molar-refractivity contribution in [1.82, 2.24) is 10.2 Å². The molecule has 0 unspecified atom stereocenters. The van der Waals surface area contributed by atoms with Crippen LogP contribution in [0, 0.1) is 0 Å². The summed E-state index contributed by atoms with van der Waals surface area (Å²) >= 11 is 1.58. The average Bonchev–Trinajstić information content (AvgIpc) is 2.85. The lowest BCUT2D eigenvalue weighted by molar-refractivity contribution is -0.132. The van der Waals surface area contributed by atoms with Gasteiger partial charge in [0.2, 0.25) is 0 Å². The Labute approximate surface area is 96.3 Å². The van der Waals surface area contributed by atoms with E-state index in [-0.39, 0.29) is 0 Å². The van der Waals surface area contributed by atoms with Crippen LogP contribution >= 0.6 is 11.3 Å². The molecule has 0 saturated heterocycles. The molecule has 0 aromatic carbocycles. The molecule has 0 atom stereocenters. The predicted molar refractivity (Wildman–Crippen MR) is 63.2 cm³/mol. The molecule has 0 saturated carbocycles. The second-order valence-corrected chi connectivity index (χ2v) is 4.26. The van der Waals surface area contributed by atoms with Crippen LogP contribution in [0.15, 0.2) is 29.3 Å². The molecule has 0 aliphatic heterocycles. The molecule has 4 nitrogen and oxygen atoms in total. The van der Waals surface area contributed by atoms with E-state index in [9.17, 15) is 4.79 Å². The number of rotatable bonds is 3. The van der Waals surface area contributed by atoms with Crippen LogP contribution in [0.4, 0.5) is 0 Å². The SMILES string of the molecule is C/C(=C\c1cn[nH]c1-c1cccs1)C(=O)O. The quantitative estimate of drug-likeness (QED) is 0.802. The van der Waals surface area contributed by atoms with E-state index in [1.165, 1.54) is 0 Å². The number of H-pyrrole nitrogens is 1.